The van der Waals surface area contributed by atoms with E-state index in [1.165, 1.54) is 35.6 Å². The Kier molecular flexibility index (Phi) is 6.88. The second-order valence-corrected chi connectivity index (χ2v) is 11.9. The molecule has 2 saturated heterocycles. The number of nitrogens with one attached hydrogen (secondary N) is 1. The van der Waals surface area contributed by atoms with Crippen LogP contribution in [0.4, 0.5) is 5.69 Å². The van der Waals surface area contributed by atoms with Gasteiger partial charge in [-0.2, -0.15) is 0 Å². The Hall–Kier alpha value is -3.30. The minimum atomic E-state index is -0.615. The molecule has 4 aromatic rings. The van der Waals surface area contributed by atoms with Crippen molar-refractivity contribution in [2.75, 3.05) is 31.5 Å². The van der Waals surface area contributed by atoms with Crippen LogP contribution < -0.4 is 5.32 Å². The first kappa shape index (κ1) is 25.0. The number of piperidine rings is 1. The number of aryl methyl sites for hydroxylation is 1. The van der Waals surface area contributed by atoms with Crippen molar-refractivity contribution >= 4 is 44.7 Å². The summed E-state index contributed by atoms with van der Waals surface area (Å²) in [6, 6.07) is 9.80. The Labute approximate surface area is 226 Å². The third-order valence-corrected chi connectivity index (χ3v) is 9.01. The minimum Gasteiger partial charge on any atom is -0.327 e. The van der Waals surface area contributed by atoms with Crippen molar-refractivity contribution in [2.24, 2.45) is 5.92 Å². The quantitative estimate of drug-likeness (QED) is 0.374. The highest BCUT2D eigenvalue weighted by atomic mass is 32.1. The van der Waals surface area contributed by atoms with Crippen molar-refractivity contribution in [3.8, 4) is 0 Å². The number of amides is 2. The number of likely N-dealkylation sites (tertiary alicyclic amines) is 2. The first-order chi connectivity index (χ1) is 18.4. The topological polar surface area (TPSA) is 82.8 Å². The van der Waals surface area contributed by atoms with Gasteiger partial charge in [0.05, 0.1) is 21.3 Å². The van der Waals surface area contributed by atoms with Gasteiger partial charge in [0.2, 0.25) is 0 Å². The highest BCUT2D eigenvalue weighted by Crippen LogP contribution is 2.35. The highest BCUT2D eigenvalue weighted by Gasteiger charge is 2.34. The zero-order valence-corrected chi connectivity index (χ0v) is 22.8. The number of thiazole rings is 1. The molecule has 38 heavy (non-hydrogen) atoms. The smallest absolute Gasteiger partial charge is 0.313 e. The first-order valence-electron chi connectivity index (χ1n) is 13.6. The lowest BCUT2D eigenvalue weighted by Crippen LogP contribution is -2.46. The second-order valence-electron chi connectivity index (χ2n) is 10.8. The molecule has 1 N–H and O–H groups in total. The van der Waals surface area contributed by atoms with Gasteiger partial charge in [0.15, 0.2) is 0 Å². The zero-order chi connectivity index (χ0) is 26.2. The number of hydrogen-bond acceptors (Lipinski definition) is 6. The molecule has 0 spiro atoms. The Morgan fingerprint density at radius 2 is 1.97 bits per heavy atom. The third-order valence-electron chi connectivity index (χ3n) is 7.91. The van der Waals surface area contributed by atoms with Crippen molar-refractivity contribution in [1.82, 2.24) is 24.2 Å². The Morgan fingerprint density at radius 3 is 2.82 bits per heavy atom. The predicted molar refractivity (Wildman–Crippen MR) is 150 cm³/mol. The normalized spacial score (nSPS) is 20.4. The van der Waals surface area contributed by atoms with Crippen LogP contribution in [0.2, 0.25) is 0 Å². The van der Waals surface area contributed by atoms with E-state index in [-0.39, 0.29) is 6.04 Å². The molecule has 9 heteroatoms. The number of imidazole rings is 1. The molecule has 1 aromatic carbocycles. The van der Waals surface area contributed by atoms with Gasteiger partial charge in [0, 0.05) is 49.4 Å². The van der Waals surface area contributed by atoms with Crippen molar-refractivity contribution in [3.05, 3.63) is 59.0 Å². The monoisotopic (exact) mass is 530 g/mol. The summed E-state index contributed by atoms with van der Waals surface area (Å²) >= 11 is 1.76. The lowest BCUT2D eigenvalue weighted by molar-refractivity contribution is -0.146. The van der Waals surface area contributed by atoms with E-state index in [1.807, 2.05) is 17.5 Å². The number of fused-ring (bicyclic) bond motifs is 2. The number of hydrogen-bond donors (Lipinski definition) is 1. The molecule has 0 bridgehead atoms. The molecule has 2 aliphatic heterocycles. The third kappa shape index (κ3) is 5.05. The van der Waals surface area contributed by atoms with E-state index in [2.05, 4.69) is 40.3 Å². The average Bonchev–Trinajstić information content (AvgIpc) is 3.66. The van der Waals surface area contributed by atoms with E-state index in [0.717, 1.165) is 48.2 Å². The summed E-state index contributed by atoms with van der Waals surface area (Å²) in [4.78, 5) is 40.1. The fourth-order valence-corrected chi connectivity index (χ4v) is 6.73. The zero-order valence-electron chi connectivity index (χ0n) is 22.0. The number of carbonyl (C=O) groups excluding carboxylic acids is 2. The summed E-state index contributed by atoms with van der Waals surface area (Å²) in [5.41, 5.74) is 4.34. The summed E-state index contributed by atoms with van der Waals surface area (Å²) in [6.07, 6.45) is 9.06. The molecule has 198 valence electrons. The van der Waals surface area contributed by atoms with Crippen molar-refractivity contribution in [3.63, 3.8) is 0 Å². The van der Waals surface area contributed by atoms with Crippen LogP contribution in [0.3, 0.4) is 0 Å². The molecule has 6 rings (SSSR count). The van der Waals surface area contributed by atoms with Crippen molar-refractivity contribution < 1.29 is 9.59 Å². The van der Waals surface area contributed by atoms with Gasteiger partial charge in [0.1, 0.15) is 5.65 Å². The number of benzene rings is 1. The summed E-state index contributed by atoms with van der Waals surface area (Å²) in [7, 11) is 0. The van der Waals surface area contributed by atoms with Crippen LogP contribution in [0.5, 0.6) is 0 Å². The molecule has 2 amide bonds. The largest absolute Gasteiger partial charge is 0.327 e. The van der Waals surface area contributed by atoms with Crippen LogP contribution in [0.1, 0.15) is 54.9 Å². The molecule has 0 saturated carbocycles. The summed E-state index contributed by atoms with van der Waals surface area (Å²) in [6.45, 7) is 8.13. The van der Waals surface area contributed by atoms with Crippen molar-refractivity contribution in [2.45, 2.75) is 52.0 Å². The average molecular weight is 531 g/mol. The minimum absolute atomic E-state index is 0.138. The standard InChI is InChI=1S/C29H34N6O2S/c1-19-5-7-24(21-6-8-25-23(15-21)32-27(38-25)10-13-33-11-3-4-12-33)35(18-19)29(37)28(36)31-22-9-14-34-20(2)17-30-26(34)16-22/h6,8-9,14-17,19,24H,3-5,7,10-13,18H2,1-2H3,(H,31,36)/t19-,24+/m0/s1. The van der Waals surface area contributed by atoms with Gasteiger partial charge in [0.25, 0.3) is 0 Å². The molecule has 0 aliphatic carbocycles. The summed E-state index contributed by atoms with van der Waals surface area (Å²) < 4.78 is 3.11. The van der Waals surface area contributed by atoms with E-state index in [0.29, 0.717) is 18.2 Å². The van der Waals surface area contributed by atoms with Crippen LogP contribution in [-0.4, -0.2) is 62.2 Å². The Morgan fingerprint density at radius 1 is 1.13 bits per heavy atom. The number of nitrogens with zero attached hydrogens (tertiary/aromatic N) is 5. The van der Waals surface area contributed by atoms with Crippen molar-refractivity contribution in [1.29, 1.82) is 0 Å². The van der Waals surface area contributed by atoms with Crippen LogP contribution >= 0.6 is 11.3 Å². The maximum atomic E-state index is 13.5. The molecule has 0 radical (unpaired) electrons. The van der Waals surface area contributed by atoms with E-state index < -0.39 is 11.8 Å². The molecule has 5 heterocycles. The van der Waals surface area contributed by atoms with Crippen LogP contribution in [0.15, 0.2) is 42.7 Å². The second kappa shape index (κ2) is 10.5. The van der Waals surface area contributed by atoms with Gasteiger partial charge in [-0.05, 0) is 75.4 Å². The van der Waals surface area contributed by atoms with Gasteiger partial charge in [-0.15, -0.1) is 11.3 Å². The number of pyridine rings is 1. The Balaban J connectivity index is 1.19. The van der Waals surface area contributed by atoms with E-state index in [4.69, 9.17) is 4.98 Å². The molecule has 8 nitrogen and oxygen atoms in total. The summed E-state index contributed by atoms with van der Waals surface area (Å²) in [5, 5.41) is 3.96. The summed E-state index contributed by atoms with van der Waals surface area (Å²) in [5.74, 6) is -0.770. The number of rotatable bonds is 5. The van der Waals surface area contributed by atoms with Crippen LogP contribution in [0, 0.1) is 12.8 Å². The molecule has 2 aliphatic rings. The Bertz CT molecular complexity index is 1490. The molecule has 3 aromatic heterocycles. The first-order valence-corrected chi connectivity index (χ1v) is 14.4. The molecule has 0 unspecified atom stereocenters. The van der Waals surface area contributed by atoms with Gasteiger partial charge in [-0.1, -0.05) is 13.0 Å². The SMILES string of the molecule is Cc1cnc2cc(NC(=O)C(=O)N3C[C@@H](C)CC[C@@H]3c3ccc4sc(CCN5CCCC5)nc4c3)ccn12. The van der Waals surface area contributed by atoms with E-state index in [1.54, 1.807) is 34.6 Å². The maximum absolute atomic E-state index is 13.5. The molecule has 2 fully saturated rings. The van der Waals surface area contributed by atoms with E-state index in [9.17, 15) is 9.59 Å². The van der Waals surface area contributed by atoms with E-state index >= 15 is 0 Å². The fraction of sp³-hybridized carbons (Fsp3) is 0.448. The number of carbonyl (C=O) groups is 2. The van der Waals surface area contributed by atoms with Crippen LogP contribution in [-0.2, 0) is 16.0 Å². The maximum Gasteiger partial charge on any atom is 0.313 e. The lowest BCUT2D eigenvalue weighted by atomic mass is 9.89. The highest BCUT2D eigenvalue weighted by molar-refractivity contribution is 7.18. The lowest BCUT2D eigenvalue weighted by Gasteiger charge is -2.38. The number of aromatic nitrogens is 3. The molecular weight excluding hydrogens is 496 g/mol. The predicted octanol–water partition coefficient (Wildman–Crippen LogP) is 4.83. The van der Waals surface area contributed by atoms with Crippen LogP contribution in [0.25, 0.3) is 15.9 Å². The van der Waals surface area contributed by atoms with Gasteiger partial charge in [-0.25, -0.2) is 9.97 Å². The van der Waals surface area contributed by atoms with Gasteiger partial charge >= 0.3 is 11.8 Å². The van der Waals surface area contributed by atoms with Gasteiger partial charge in [-0.3, -0.25) is 9.59 Å². The molecular formula is C29H34N6O2S. The van der Waals surface area contributed by atoms with Gasteiger partial charge < -0.3 is 19.5 Å². The molecule has 2 atom stereocenters. The number of anilines is 1. The fourth-order valence-electron chi connectivity index (χ4n) is 5.79.